The topological polar surface area (TPSA) is 63.9 Å². The summed E-state index contributed by atoms with van der Waals surface area (Å²) in [5.41, 5.74) is 0.998. The second-order valence-corrected chi connectivity index (χ2v) is 7.85. The molecule has 140 valence electrons. The number of likely N-dealkylation sites (tertiary alicyclic amines) is 1. The van der Waals surface area contributed by atoms with Crippen LogP contribution in [0.5, 0.6) is 0 Å². The van der Waals surface area contributed by atoms with E-state index in [1.54, 1.807) is 12.4 Å². The number of hydrogen-bond acceptors (Lipinski definition) is 5. The number of hydrogen-bond donors (Lipinski definition) is 0. The predicted octanol–water partition coefficient (Wildman–Crippen LogP) is 3.63. The van der Waals surface area contributed by atoms with Crippen LogP contribution in [-0.2, 0) is 11.3 Å². The van der Waals surface area contributed by atoms with E-state index >= 15 is 0 Å². The number of aromatic nitrogens is 4. The molecule has 6 nitrogen and oxygen atoms in total. The van der Waals surface area contributed by atoms with Gasteiger partial charge in [0.1, 0.15) is 0 Å². The second kappa shape index (κ2) is 8.66. The molecule has 0 aliphatic carbocycles. The van der Waals surface area contributed by atoms with E-state index in [0.717, 1.165) is 42.4 Å². The molecule has 1 fully saturated rings. The average Bonchev–Trinajstić information content (AvgIpc) is 3.03. The van der Waals surface area contributed by atoms with Gasteiger partial charge >= 0.3 is 0 Å². The minimum atomic E-state index is 0.200. The van der Waals surface area contributed by atoms with Gasteiger partial charge in [-0.3, -0.25) is 9.78 Å². The van der Waals surface area contributed by atoms with Gasteiger partial charge in [-0.2, -0.15) is 0 Å². The Labute approximate surface area is 159 Å². The molecule has 7 heteroatoms. The maximum atomic E-state index is 12.8. The van der Waals surface area contributed by atoms with Crippen LogP contribution >= 0.6 is 11.8 Å². The Morgan fingerprint density at radius 3 is 2.54 bits per heavy atom. The van der Waals surface area contributed by atoms with Gasteiger partial charge in [-0.25, -0.2) is 0 Å². The van der Waals surface area contributed by atoms with Gasteiger partial charge in [-0.05, 0) is 51.7 Å². The Morgan fingerprint density at radius 1 is 1.19 bits per heavy atom. The minimum Gasteiger partial charge on any atom is -0.337 e. The minimum absolute atomic E-state index is 0.200. The first kappa shape index (κ1) is 18.9. The molecule has 1 saturated heterocycles. The first-order valence-corrected chi connectivity index (χ1v) is 10.4. The number of rotatable bonds is 6. The van der Waals surface area contributed by atoms with Crippen molar-refractivity contribution in [2.45, 2.75) is 70.2 Å². The zero-order valence-corrected chi connectivity index (χ0v) is 16.6. The lowest BCUT2D eigenvalue weighted by Crippen LogP contribution is -2.48. The summed E-state index contributed by atoms with van der Waals surface area (Å²) in [6, 6.07) is 4.53. The van der Waals surface area contributed by atoms with Crippen LogP contribution in [0.25, 0.3) is 11.4 Å². The largest absolute Gasteiger partial charge is 0.337 e. The number of pyridine rings is 1. The van der Waals surface area contributed by atoms with Crippen LogP contribution in [0.3, 0.4) is 0 Å². The molecule has 0 bridgehead atoms. The number of piperidine rings is 1. The summed E-state index contributed by atoms with van der Waals surface area (Å²) in [6.45, 7) is 7.27. The van der Waals surface area contributed by atoms with E-state index in [-0.39, 0.29) is 5.91 Å². The standard InChI is InChI=1S/C19H27N5OS/c1-4-12-23-18(16-8-10-20-11-9-16)21-22-19(23)26-13-17(25)24-14(2)6-5-7-15(24)3/h8-11,14-15H,4-7,12-13H2,1-3H3/t14-,15+. The van der Waals surface area contributed by atoms with Crippen molar-refractivity contribution in [1.29, 1.82) is 0 Å². The number of thioether (sulfide) groups is 1. The van der Waals surface area contributed by atoms with Crippen LogP contribution in [0.15, 0.2) is 29.7 Å². The zero-order valence-electron chi connectivity index (χ0n) is 15.8. The number of carbonyl (C=O) groups excluding carboxylic acids is 1. The lowest BCUT2D eigenvalue weighted by Gasteiger charge is -2.39. The highest BCUT2D eigenvalue weighted by Crippen LogP contribution is 2.27. The van der Waals surface area contributed by atoms with Crippen molar-refractivity contribution < 1.29 is 4.79 Å². The Balaban J connectivity index is 1.73. The highest BCUT2D eigenvalue weighted by molar-refractivity contribution is 7.99. The van der Waals surface area contributed by atoms with Crippen molar-refractivity contribution in [3.8, 4) is 11.4 Å². The lowest BCUT2D eigenvalue weighted by atomic mass is 9.98. The van der Waals surface area contributed by atoms with Gasteiger partial charge < -0.3 is 9.47 Å². The quantitative estimate of drug-likeness (QED) is 0.724. The third-order valence-corrected chi connectivity index (χ3v) is 5.86. The molecule has 1 aliphatic rings. The molecule has 2 atom stereocenters. The number of amides is 1. The van der Waals surface area contributed by atoms with Crippen LogP contribution in [-0.4, -0.2) is 48.4 Å². The van der Waals surface area contributed by atoms with Crippen LogP contribution in [0, 0.1) is 0 Å². The van der Waals surface area contributed by atoms with Crippen LogP contribution < -0.4 is 0 Å². The SMILES string of the molecule is CCCn1c(SCC(=O)N2[C@H](C)CCC[C@@H]2C)nnc1-c1ccncc1. The monoisotopic (exact) mass is 373 g/mol. The van der Waals surface area contributed by atoms with Crippen molar-refractivity contribution in [1.82, 2.24) is 24.6 Å². The second-order valence-electron chi connectivity index (χ2n) is 6.91. The molecule has 0 unspecified atom stereocenters. The van der Waals surface area contributed by atoms with Crippen molar-refractivity contribution >= 4 is 17.7 Å². The van der Waals surface area contributed by atoms with E-state index in [2.05, 4.69) is 45.4 Å². The summed E-state index contributed by atoms with van der Waals surface area (Å²) in [7, 11) is 0. The van der Waals surface area contributed by atoms with E-state index in [9.17, 15) is 4.79 Å². The van der Waals surface area contributed by atoms with Gasteiger partial charge in [0.2, 0.25) is 5.91 Å². The molecule has 3 rings (SSSR count). The summed E-state index contributed by atoms with van der Waals surface area (Å²) in [4.78, 5) is 18.9. The van der Waals surface area contributed by atoms with E-state index < -0.39 is 0 Å². The maximum absolute atomic E-state index is 12.8. The van der Waals surface area contributed by atoms with Crippen LogP contribution in [0.4, 0.5) is 0 Å². The Hall–Kier alpha value is -1.89. The molecular formula is C19H27N5OS. The zero-order chi connectivity index (χ0) is 18.5. The number of nitrogens with zero attached hydrogens (tertiary/aromatic N) is 5. The van der Waals surface area contributed by atoms with Gasteiger partial charge in [0.15, 0.2) is 11.0 Å². The fourth-order valence-corrected chi connectivity index (χ4v) is 4.48. The third-order valence-electron chi connectivity index (χ3n) is 4.91. The van der Waals surface area contributed by atoms with Crippen LogP contribution in [0.2, 0.25) is 0 Å². The predicted molar refractivity (Wildman–Crippen MR) is 104 cm³/mol. The van der Waals surface area contributed by atoms with Crippen molar-refractivity contribution in [2.75, 3.05) is 5.75 Å². The Kier molecular flexibility index (Phi) is 6.29. The molecule has 0 N–H and O–H groups in total. The highest BCUT2D eigenvalue weighted by Gasteiger charge is 2.29. The molecule has 0 aromatic carbocycles. The van der Waals surface area contributed by atoms with Crippen molar-refractivity contribution in [3.63, 3.8) is 0 Å². The molecule has 3 heterocycles. The Morgan fingerprint density at radius 2 is 1.88 bits per heavy atom. The van der Waals surface area contributed by atoms with E-state index in [4.69, 9.17) is 0 Å². The van der Waals surface area contributed by atoms with Gasteiger partial charge in [-0.1, -0.05) is 18.7 Å². The smallest absolute Gasteiger partial charge is 0.233 e. The first-order chi connectivity index (χ1) is 12.6. The third kappa shape index (κ3) is 4.09. The van der Waals surface area contributed by atoms with Gasteiger partial charge in [0, 0.05) is 36.6 Å². The average molecular weight is 374 g/mol. The van der Waals surface area contributed by atoms with Gasteiger partial charge in [-0.15, -0.1) is 10.2 Å². The molecule has 0 radical (unpaired) electrons. The first-order valence-electron chi connectivity index (χ1n) is 9.39. The van der Waals surface area contributed by atoms with Crippen molar-refractivity contribution in [3.05, 3.63) is 24.5 Å². The fourth-order valence-electron chi connectivity index (χ4n) is 3.65. The fraction of sp³-hybridized carbons (Fsp3) is 0.579. The molecule has 2 aromatic rings. The molecule has 0 saturated carbocycles. The summed E-state index contributed by atoms with van der Waals surface area (Å²) >= 11 is 1.49. The maximum Gasteiger partial charge on any atom is 0.233 e. The molecular weight excluding hydrogens is 346 g/mol. The van der Waals surface area contributed by atoms with Gasteiger partial charge in [0.25, 0.3) is 0 Å². The normalized spacial score (nSPS) is 20.3. The number of carbonyl (C=O) groups is 1. The summed E-state index contributed by atoms with van der Waals surface area (Å²) in [5, 5.41) is 9.53. The molecule has 1 aliphatic heterocycles. The summed E-state index contributed by atoms with van der Waals surface area (Å²) in [6.07, 6.45) is 7.90. The van der Waals surface area contributed by atoms with E-state index in [1.165, 1.54) is 18.2 Å². The summed E-state index contributed by atoms with van der Waals surface area (Å²) in [5.74, 6) is 1.45. The Bertz CT molecular complexity index is 723. The molecule has 0 spiro atoms. The molecule has 26 heavy (non-hydrogen) atoms. The van der Waals surface area contributed by atoms with E-state index in [0.29, 0.717) is 17.8 Å². The highest BCUT2D eigenvalue weighted by atomic mass is 32.2. The molecule has 1 amide bonds. The molecule has 2 aromatic heterocycles. The lowest BCUT2D eigenvalue weighted by molar-refractivity contribution is -0.134. The van der Waals surface area contributed by atoms with Crippen molar-refractivity contribution in [2.24, 2.45) is 0 Å². The van der Waals surface area contributed by atoms with Gasteiger partial charge in [0.05, 0.1) is 5.75 Å². The van der Waals surface area contributed by atoms with E-state index in [1.807, 2.05) is 12.1 Å². The van der Waals surface area contributed by atoms with Crippen LogP contribution in [0.1, 0.15) is 46.5 Å². The summed E-state index contributed by atoms with van der Waals surface area (Å²) < 4.78 is 2.11.